The molecule has 0 radical (unpaired) electrons. The van der Waals surface area contributed by atoms with Crippen molar-refractivity contribution in [1.82, 2.24) is 15.2 Å². The van der Waals surface area contributed by atoms with E-state index in [1.807, 2.05) is 4.90 Å². The molecule has 37 heavy (non-hydrogen) atoms. The van der Waals surface area contributed by atoms with Crippen molar-refractivity contribution >= 4 is 25.3 Å². The summed E-state index contributed by atoms with van der Waals surface area (Å²) in [7, 11) is 0. The Bertz CT molecular complexity index is 906. The van der Waals surface area contributed by atoms with Gasteiger partial charge in [0.2, 0.25) is 5.91 Å². The van der Waals surface area contributed by atoms with E-state index in [1.165, 1.54) is 0 Å². The van der Waals surface area contributed by atoms with Crippen molar-refractivity contribution < 1.29 is 9.59 Å². The maximum absolute atomic E-state index is 12.5. The fraction of sp³-hybridized carbons (Fsp3) is 0.452. The first-order valence-corrected chi connectivity index (χ1v) is 13.4. The van der Waals surface area contributed by atoms with Crippen LogP contribution in [0.4, 0.5) is 0 Å². The Morgan fingerprint density at radius 1 is 0.946 bits per heavy atom. The van der Waals surface area contributed by atoms with Crippen LogP contribution in [0.5, 0.6) is 0 Å². The average molecular weight is 524 g/mol. The first-order chi connectivity index (χ1) is 17.7. The van der Waals surface area contributed by atoms with E-state index in [1.54, 1.807) is 24.4 Å². The van der Waals surface area contributed by atoms with Gasteiger partial charge >= 0.3 is 0 Å². The highest BCUT2D eigenvalue weighted by Crippen LogP contribution is 2.17. The fourth-order valence-corrected chi connectivity index (χ4v) is 3.95. The lowest BCUT2D eigenvalue weighted by molar-refractivity contribution is -0.130. The summed E-state index contributed by atoms with van der Waals surface area (Å²) < 4.78 is 0. The van der Waals surface area contributed by atoms with Crippen molar-refractivity contribution in [2.24, 2.45) is 5.92 Å². The van der Waals surface area contributed by atoms with Gasteiger partial charge in [-0.2, -0.15) is 13.5 Å². The normalized spacial score (nSPS) is 16.0. The van der Waals surface area contributed by atoms with Crippen molar-refractivity contribution in [3.63, 3.8) is 0 Å². The molecule has 0 spiro atoms. The van der Waals surface area contributed by atoms with Crippen LogP contribution in [0.25, 0.3) is 0 Å². The van der Waals surface area contributed by atoms with E-state index in [9.17, 15) is 9.59 Å². The third-order valence-electron chi connectivity index (χ3n) is 6.01. The van der Waals surface area contributed by atoms with Crippen LogP contribution in [0, 0.1) is 5.92 Å². The minimum absolute atomic E-state index is 0. The molecule has 1 atom stereocenters. The summed E-state index contributed by atoms with van der Waals surface area (Å²) in [6, 6.07) is 5.30. The van der Waals surface area contributed by atoms with E-state index in [0.29, 0.717) is 24.6 Å². The Hall–Kier alpha value is -2.86. The number of aromatic nitrogens is 1. The Labute approximate surface area is 231 Å². The number of hydrogen-bond acceptors (Lipinski definition) is 3. The number of nitrogens with zero attached hydrogens (tertiary/aromatic N) is 2. The van der Waals surface area contributed by atoms with Crippen LogP contribution in [0.1, 0.15) is 75.2 Å². The van der Waals surface area contributed by atoms with Crippen molar-refractivity contribution in [3.05, 3.63) is 90.9 Å². The molecule has 0 aromatic carbocycles. The Morgan fingerprint density at radius 2 is 1.57 bits per heavy atom. The van der Waals surface area contributed by atoms with E-state index in [0.717, 1.165) is 64.5 Å². The molecule has 1 aliphatic rings. The number of amides is 2. The number of unbranched alkanes of at least 4 members (excludes halogenated alkanes) is 1. The minimum Gasteiger partial charge on any atom is -0.350 e. The van der Waals surface area contributed by atoms with Gasteiger partial charge in [-0.15, -0.1) is 0 Å². The van der Waals surface area contributed by atoms with Crippen molar-refractivity contribution in [3.8, 4) is 0 Å². The number of rotatable bonds is 16. The molecule has 2 amide bonds. The minimum atomic E-state index is -0.155. The van der Waals surface area contributed by atoms with Gasteiger partial charge in [-0.05, 0) is 69.4 Å². The SMILES string of the molecule is CC/C=C\C/C=C\C/C=C\C/C=C\C/C=C\CCCC(=O)N1CC[C@@H](CNC(=O)c2ccccn2)C1.S. The number of nitrogens with one attached hydrogen (secondary N) is 1. The van der Waals surface area contributed by atoms with Gasteiger partial charge in [0, 0.05) is 32.3 Å². The van der Waals surface area contributed by atoms with E-state index in [4.69, 9.17) is 0 Å². The predicted molar refractivity (Wildman–Crippen MR) is 160 cm³/mol. The molecule has 0 aliphatic carbocycles. The van der Waals surface area contributed by atoms with Gasteiger partial charge in [0.25, 0.3) is 5.91 Å². The molecule has 1 saturated heterocycles. The maximum atomic E-state index is 12.5. The number of allylic oxidation sites excluding steroid dienone is 10. The zero-order valence-corrected chi connectivity index (χ0v) is 23.4. The summed E-state index contributed by atoms with van der Waals surface area (Å²) in [5.74, 6) is 0.380. The molecule has 0 bridgehead atoms. The highest BCUT2D eigenvalue weighted by atomic mass is 32.1. The zero-order chi connectivity index (χ0) is 25.7. The second kappa shape index (κ2) is 21.2. The molecule has 1 aromatic heterocycles. The monoisotopic (exact) mass is 523 g/mol. The van der Waals surface area contributed by atoms with Crippen LogP contribution < -0.4 is 5.32 Å². The van der Waals surface area contributed by atoms with Gasteiger partial charge in [0.15, 0.2) is 0 Å². The molecule has 1 fully saturated rings. The van der Waals surface area contributed by atoms with Crippen LogP contribution in [0.3, 0.4) is 0 Å². The quantitative estimate of drug-likeness (QED) is 0.194. The largest absolute Gasteiger partial charge is 0.350 e. The molecular formula is C31H45N3O2S. The van der Waals surface area contributed by atoms with Crippen LogP contribution in [0.15, 0.2) is 85.2 Å². The van der Waals surface area contributed by atoms with Gasteiger partial charge < -0.3 is 10.2 Å². The second-order valence-electron chi connectivity index (χ2n) is 9.02. The molecule has 6 heteroatoms. The number of likely N-dealkylation sites (tertiary alicyclic amines) is 1. The summed E-state index contributed by atoms with van der Waals surface area (Å²) in [6.45, 7) is 4.24. The van der Waals surface area contributed by atoms with E-state index >= 15 is 0 Å². The van der Waals surface area contributed by atoms with Crippen molar-refractivity contribution in [2.75, 3.05) is 19.6 Å². The zero-order valence-electron chi connectivity index (χ0n) is 22.4. The third-order valence-corrected chi connectivity index (χ3v) is 6.01. The van der Waals surface area contributed by atoms with Crippen molar-refractivity contribution in [1.29, 1.82) is 0 Å². The van der Waals surface area contributed by atoms with Crippen LogP contribution in [-0.2, 0) is 4.79 Å². The maximum Gasteiger partial charge on any atom is 0.269 e. The van der Waals surface area contributed by atoms with Gasteiger partial charge in [0.05, 0.1) is 0 Å². The smallest absolute Gasteiger partial charge is 0.269 e. The summed E-state index contributed by atoms with van der Waals surface area (Å²) in [6.07, 6.45) is 31.9. The molecular weight excluding hydrogens is 478 g/mol. The van der Waals surface area contributed by atoms with E-state index < -0.39 is 0 Å². The number of carbonyl (C=O) groups is 2. The Kier molecular flexibility index (Phi) is 18.5. The molecule has 0 saturated carbocycles. The molecule has 2 heterocycles. The number of pyridine rings is 1. The summed E-state index contributed by atoms with van der Waals surface area (Å²) in [5, 5.41) is 2.94. The van der Waals surface area contributed by atoms with Crippen LogP contribution in [-0.4, -0.2) is 41.3 Å². The number of carbonyl (C=O) groups excluding carboxylic acids is 2. The summed E-state index contributed by atoms with van der Waals surface area (Å²) in [4.78, 5) is 30.6. The van der Waals surface area contributed by atoms with Crippen LogP contribution in [0.2, 0.25) is 0 Å². The summed E-state index contributed by atoms with van der Waals surface area (Å²) in [5.41, 5.74) is 0.429. The summed E-state index contributed by atoms with van der Waals surface area (Å²) >= 11 is 0. The Morgan fingerprint density at radius 3 is 2.16 bits per heavy atom. The highest BCUT2D eigenvalue weighted by Gasteiger charge is 2.26. The van der Waals surface area contributed by atoms with Gasteiger partial charge in [0.1, 0.15) is 5.69 Å². The third kappa shape index (κ3) is 15.1. The topological polar surface area (TPSA) is 62.3 Å². The second-order valence-corrected chi connectivity index (χ2v) is 9.02. The predicted octanol–water partition coefficient (Wildman–Crippen LogP) is 6.69. The van der Waals surface area contributed by atoms with Gasteiger partial charge in [-0.3, -0.25) is 14.6 Å². The lowest BCUT2D eigenvalue weighted by Crippen LogP contribution is -2.33. The molecule has 202 valence electrons. The standard InChI is InChI=1S/C31H43N3O2.H2S/c1-2-3-4-5-6-7-8-9-10-11-12-13-14-15-16-17-18-22-30(35)34-25-23-28(27-34)26-33-31(36)29-21-19-20-24-32-29;/h3-4,6-7,9-10,12-13,15-16,19-21,24,28H,2,5,8,11,14,17-18,22-23,25-27H2,1H3,(H,33,36);1H2/b4-3-,7-6-,10-9-,13-12-,16-15-;/t28-;/m0./s1. The first-order valence-electron chi connectivity index (χ1n) is 13.4. The van der Waals surface area contributed by atoms with E-state index in [-0.39, 0.29) is 25.3 Å². The average Bonchev–Trinajstić information content (AvgIpc) is 3.39. The molecule has 0 unspecified atom stereocenters. The van der Waals surface area contributed by atoms with Gasteiger partial charge in [-0.25, -0.2) is 0 Å². The van der Waals surface area contributed by atoms with Crippen molar-refractivity contribution in [2.45, 2.75) is 64.7 Å². The van der Waals surface area contributed by atoms with E-state index in [2.05, 4.69) is 78.0 Å². The van der Waals surface area contributed by atoms with Gasteiger partial charge in [-0.1, -0.05) is 73.8 Å². The lowest BCUT2D eigenvalue weighted by Gasteiger charge is -2.16. The lowest BCUT2D eigenvalue weighted by atomic mass is 10.1. The molecule has 1 aromatic rings. The number of hydrogen-bond donors (Lipinski definition) is 1. The first kappa shape index (κ1) is 32.2. The molecule has 1 aliphatic heterocycles. The fourth-order valence-electron chi connectivity index (χ4n) is 3.95. The molecule has 5 nitrogen and oxygen atoms in total. The Balaban J connectivity index is 0.00000684. The molecule has 1 N–H and O–H groups in total. The molecule has 2 rings (SSSR count). The van der Waals surface area contributed by atoms with Crippen LogP contribution >= 0.6 is 13.5 Å². The highest BCUT2D eigenvalue weighted by molar-refractivity contribution is 7.59.